The molecule has 3 rings (SSSR count). The van der Waals surface area contributed by atoms with Crippen LogP contribution in [0.3, 0.4) is 0 Å². The molecular formula is C32H40ClN3O6S. The molecule has 0 saturated heterocycles. The van der Waals surface area contributed by atoms with Gasteiger partial charge in [0.2, 0.25) is 11.8 Å². The Morgan fingerprint density at radius 1 is 0.953 bits per heavy atom. The minimum absolute atomic E-state index is 0.0164. The van der Waals surface area contributed by atoms with Crippen molar-refractivity contribution in [1.29, 1.82) is 0 Å². The van der Waals surface area contributed by atoms with Gasteiger partial charge in [-0.15, -0.1) is 0 Å². The first-order chi connectivity index (χ1) is 20.6. The Kier molecular flexibility index (Phi) is 12.3. The maximum absolute atomic E-state index is 14.2. The molecule has 0 heterocycles. The Labute approximate surface area is 259 Å². The van der Waals surface area contributed by atoms with E-state index in [-0.39, 0.29) is 23.0 Å². The van der Waals surface area contributed by atoms with E-state index in [2.05, 4.69) is 5.32 Å². The first-order valence-electron chi connectivity index (χ1n) is 14.2. The monoisotopic (exact) mass is 629 g/mol. The van der Waals surface area contributed by atoms with E-state index in [0.717, 1.165) is 22.7 Å². The lowest BCUT2D eigenvalue weighted by molar-refractivity contribution is -0.140. The van der Waals surface area contributed by atoms with E-state index in [1.165, 1.54) is 37.3 Å². The smallest absolute Gasteiger partial charge is 0.264 e. The van der Waals surface area contributed by atoms with E-state index in [4.69, 9.17) is 21.1 Å². The summed E-state index contributed by atoms with van der Waals surface area (Å²) in [5.74, 6) is -0.176. The number of anilines is 1. The predicted octanol–water partition coefficient (Wildman–Crippen LogP) is 5.58. The van der Waals surface area contributed by atoms with E-state index in [0.29, 0.717) is 35.1 Å². The number of carbonyl (C=O) groups excluding carboxylic acids is 2. The third-order valence-electron chi connectivity index (χ3n) is 7.06. The first-order valence-corrected chi connectivity index (χ1v) is 16.0. The number of amides is 2. The number of benzene rings is 3. The fraction of sp³-hybridized carbons (Fsp3) is 0.375. The van der Waals surface area contributed by atoms with Gasteiger partial charge in [-0.1, -0.05) is 67.8 Å². The van der Waals surface area contributed by atoms with Crippen LogP contribution < -0.4 is 19.1 Å². The van der Waals surface area contributed by atoms with Gasteiger partial charge in [-0.2, -0.15) is 0 Å². The highest BCUT2D eigenvalue weighted by molar-refractivity contribution is 7.92. The number of nitrogens with one attached hydrogen (secondary N) is 1. The van der Waals surface area contributed by atoms with Gasteiger partial charge in [-0.3, -0.25) is 13.9 Å². The Hall–Kier alpha value is -3.76. The summed E-state index contributed by atoms with van der Waals surface area (Å²) in [5.41, 5.74) is 1.72. The van der Waals surface area contributed by atoms with Crippen molar-refractivity contribution in [3.8, 4) is 11.5 Å². The molecule has 1 atom stereocenters. The summed E-state index contributed by atoms with van der Waals surface area (Å²) >= 11 is 6.46. The molecule has 43 heavy (non-hydrogen) atoms. The number of methoxy groups -OCH3 is 2. The van der Waals surface area contributed by atoms with Crippen LogP contribution in [0.2, 0.25) is 5.02 Å². The third-order valence-corrected chi connectivity index (χ3v) is 9.21. The molecule has 0 aliphatic carbocycles. The summed E-state index contributed by atoms with van der Waals surface area (Å²) in [6.07, 6.45) is 2.01. The minimum Gasteiger partial charge on any atom is -0.493 e. The third kappa shape index (κ3) is 8.42. The fourth-order valence-corrected chi connectivity index (χ4v) is 6.18. The average Bonchev–Trinajstić information content (AvgIpc) is 3.00. The van der Waals surface area contributed by atoms with Crippen LogP contribution in [0.15, 0.2) is 71.6 Å². The molecule has 0 radical (unpaired) electrons. The van der Waals surface area contributed by atoms with Crippen LogP contribution in [0.5, 0.6) is 11.5 Å². The van der Waals surface area contributed by atoms with Crippen LogP contribution in [0.1, 0.15) is 44.2 Å². The minimum atomic E-state index is -4.23. The Morgan fingerprint density at radius 2 is 1.63 bits per heavy atom. The number of rotatable bonds is 15. The Balaban J connectivity index is 2.10. The van der Waals surface area contributed by atoms with Crippen molar-refractivity contribution in [1.82, 2.24) is 10.2 Å². The summed E-state index contributed by atoms with van der Waals surface area (Å²) in [4.78, 5) is 29.0. The van der Waals surface area contributed by atoms with Gasteiger partial charge < -0.3 is 19.7 Å². The quantitative estimate of drug-likeness (QED) is 0.220. The zero-order chi connectivity index (χ0) is 31.6. The van der Waals surface area contributed by atoms with Crippen LogP contribution in [0.4, 0.5) is 5.69 Å². The lowest BCUT2D eigenvalue weighted by Gasteiger charge is -2.33. The number of ether oxygens (including phenoxy) is 2. The van der Waals surface area contributed by atoms with E-state index in [1.807, 2.05) is 20.8 Å². The SMILES string of the molecule is CCCCNC(=O)C(CC)N(Cc1ccccc1Cl)C(=O)CN(c1ccc(OC)c(OC)c1)S(=O)(=O)c1ccc(C)cc1. The molecule has 0 fully saturated rings. The molecule has 1 N–H and O–H groups in total. The summed E-state index contributed by atoms with van der Waals surface area (Å²) in [6.45, 7) is 5.60. The summed E-state index contributed by atoms with van der Waals surface area (Å²) in [5, 5.41) is 3.35. The number of hydrogen-bond donors (Lipinski definition) is 1. The molecule has 0 aliphatic rings. The molecule has 0 aromatic heterocycles. The highest BCUT2D eigenvalue weighted by atomic mass is 35.5. The van der Waals surface area contributed by atoms with Gasteiger partial charge in [0, 0.05) is 24.2 Å². The van der Waals surface area contributed by atoms with E-state index >= 15 is 0 Å². The Morgan fingerprint density at radius 3 is 2.23 bits per heavy atom. The van der Waals surface area contributed by atoms with Crippen molar-refractivity contribution < 1.29 is 27.5 Å². The number of hydrogen-bond acceptors (Lipinski definition) is 6. The van der Waals surface area contributed by atoms with Gasteiger partial charge in [0.15, 0.2) is 11.5 Å². The van der Waals surface area contributed by atoms with Gasteiger partial charge >= 0.3 is 0 Å². The molecular weight excluding hydrogens is 590 g/mol. The van der Waals surface area contributed by atoms with Crippen molar-refractivity contribution >= 4 is 39.1 Å². The van der Waals surface area contributed by atoms with Crippen molar-refractivity contribution in [2.75, 3.05) is 31.6 Å². The number of halogens is 1. The first kappa shape index (κ1) is 33.7. The average molecular weight is 630 g/mol. The molecule has 0 bridgehead atoms. The molecule has 0 aliphatic heterocycles. The van der Waals surface area contributed by atoms with Gasteiger partial charge in [-0.25, -0.2) is 8.42 Å². The van der Waals surface area contributed by atoms with Gasteiger partial charge in [0.1, 0.15) is 12.6 Å². The zero-order valence-corrected chi connectivity index (χ0v) is 26.9. The van der Waals surface area contributed by atoms with Crippen LogP contribution in [-0.4, -0.2) is 58.5 Å². The molecule has 1 unspecified atom stereocenters. The molecule has 0 spiro atoms. The van der Waals surface area contributed by atoms with Crippen LogP contribution in [-0.2, 0) is 26.2 Å². The van der Waals surface area contributed by atoms with Crippen LogP contribution in [0, 0.1) is 6.92 Å². The molecule has 2 amide bonds. The number of aryl methyl sites for hydroxylation is 1. The van der Waals surface area contributed by atoms with Gasteiger partial charge in [0.05, 0.1) is 24.8 Å². The normalized spacial score (nSPS) is 11.9. The van der Waals surface area contributed by atoms with Crippen molar-refractivity contribution in [3.05, 3.63) is 82.9 Å². The highest BCUT2D eigenvalue weighted by Gasteiger charge is 2.34. The van der Waals surface area contributed by atoms with Crippen molar-refractivity contribution in [2.45, 2.75) is 57.5 Å². The Bertz CT molecular complexity index is 1500. The lowest BCUT2D eigenvalue weighted by Crippen LogP contribution is -2.52. The van der Waals surface area contributed by atoms with Crippen molar-refractivity contribution in [3.63, 3.8) is 0 Å². The highest BCUT2D eigenvalue weighted by Crippen LogP contribution is 2.34. The van der Waals surface area contributed by atoms with Crippen LogP contribution >= 0.6 is 11.6 Å². The molecule has 3 aromatic rings. The zero-order valence-electron chi connectivity index (χ0n) is 25.3. The molecule has 0 saturated carbocycles. The van der Waals surface area contributed by atoms with E-state index in [9.17, 15) is 18.0 Å². The summed E-state index contributed by atoms with van der Waals surface area (Å²) in [6, 6.07) is 17.2. The number of sulfonamides is 1. The second-order valence-corrected chi connectivity index (χ2v) is 12.3. The topological polar surface area (TPSA) is 105 Å². The molecule has 3 aromatic carbocycles. The van der Waals surface area contributed by atoms with E-state index in [1.54, 1.807) is 48.5 Å². The summed E-state index contributed by atoms with van der Waals surface area (Å²) in [7, 11) is -1.31. The second kappa shape index (κ2) is 15.6. The molecule has 11 heteroatoms. The van der Waals surface area contributed by atoms with Gasteiger partial charge in [0.25, 0.3) is 10.0 Å². The molecule has 9 nitrogen and oxygen atoms in total. The van der Waals surface area contributed by atoms with Crippen LogP contribution in [0.25, 0.3) is 0 Å². The maximum atomic E-state index is 14.2. The standard InChI is InChI=1S/C32H40ClN3O6S/c1-6-8-19-34-32(38)28(7-2)35(21-24-11-9-10-12-27(24)33)31(37)22-36(25-15-18-29(41-4)30(20-25)42-5)43(39,40)26-16-13-23(3)14-17-26/h9-18,20,28H,6-8,19,21-22H2,1-5H3,(H,34,38). The fourth-order valence-electron chi connectivity index (χ4n) is 4.58. The second-order valence-electron chi connectivity index (χ2n) is 10.0. The molecule has 232 valence electrons. The number of nitrogens with zero attached hydrogens (tertiary/aromatic N) is 2. The lowest BCUT2D eigenvalue weighted by atomic mass is 10.1. The van der Waals surface area contributed by atoms with Gasteiger partial charge in [-0.05, 0) is 55.7 Å². The number of carbonyl (C=O) groups is 2. The van der Waals surface area contributed by atoms with Crippen molar-refractivity contribution in [2.24, 2.45) is 0 Å². The van der Waals surface area contributed by atoms with E-state index < -0.39 is 28.5 Å². The predicted molar refractivity (Wildman–Crippen MR) is 169 cm³/mol. The maximum Gasteiger partial charge on any atom is 0.264 e. The summed E-state index contributed by atoms with van der Waals surface area (Å²) < 4.78 is 40.0. The largest absolute Gasteiger partial charge is 0.493 e. The number of unbranched alkanes of at least 4 members (excludes halogenated alkanes) is 1.